The molecule has 0 heterocycles. The topological polar surface area (TPSA) is 105 Å². The van der Waals surface area contributed by atoms with Gasteiger partial charge in [0, 0.05) is 19.4 Å². The van der Waals surface area contributed by atoms with E-state index >= 15 is 0 Å². The minimum atomic E-state index is -0.954. The third kappa shape index (κ3) is 11.3. The summed E-state index contributed by atoms with van der Waals surface area (Å²) in [6, 6.07) is 5.33. The number of aliphatic hydroxyl groups is 1. The number of carbonyl (C=O) groups excluding carboxylic acids is 1. The molecule has 7 nitrogen and oxygen atoms in total. The number of rotatable bonds is 16. The Hall–Kier alpha value is -2.28. The Balaban J connectivity index is 2.38. The van der Waals surface area contributed by atoms with Gasteiger partial charge in [0.05, 0.1) is 13.2 Å². The van der Waals surface area contributed by atoms with Crippen molar-refractivity contribution in [2.75, 3.05) is 13.7 Å². The first-order chi connectivity index (χ1) is 14.0. The van der Waals surface area contributed by atoms with Crippen LogP contribution in [0.15, 0.2) is 18.2 Å². The fraction of sp³-hybridized carbons (Fsp3) is 0.636. The molecule has 1 amide bonds. The number of carboxylic acids is 1. The molecule has 1 unspecified atom stereocenters. The number of methoxy groups -OCH3 is 1. The van der Waals surface area contributed by atoms with Crippen LogP contribution < -0.4 is 14.8 Å². The van der Waals surface area contributed by atoms with Crippen LogP contribution in [0.1, 0.15) is 70.3 Å². The number of aliphatic carboxylic acids is 1. The van der Waals surface area contributed by atoms with Crippen molar-refractivity contribution < 1.29 is 29.3 Å². The number of aliphatic hydroxyl groups excluding tert-OH is 1. The maximum Gasteiger partial charge on any atom is 0.303 e. The summed E-state index contributed by atoms with van der Waals surface area (Å²) in [5.74, 6) is 0.0491. The van der Waals surface area contributed by atoms with Gasteiger partial charge in [0.1, 0.15) is 6.61 Å². The molecule has 0 aliphatic carbocycles. The molecule has 0 saturated carbocycles. The Labute approximate surface area is 173 Å². The van der Waals surface area contributed by atoms with Crippen LogP contribution in [0.3, 0.4) is 0 Å². The number of hydrogen-bond donors (Lipinski definition) is 3. The molecule has 3 N–H and O–H groups in total. The van der Waals surface area contributed by atoms with Crippen LogP contribution in [0, 0.1) is 0 Å². The van der Waals surface area contributed by atoms with Crippen molar-refractivity contribution in [1.29, 1.82) is 0 Å². The summed E-state index contributed by atoms with van der Waals surface area (Å²) in [6.07, 6.45) is 6.60. The number of ether oxygens (including phenoxy) is 2. The van der Waals surface area contributed by atoms with Crippen molar-refractivity contribution in [2.24, 2.45) is 0 Å². The van der Waals surface area contributed by atoms with Gasteiger partial charge in [-0.05, 0) is 30.5 Å². The molecule has 1 atom stereocenters. The third-order valence-electron chi connectivity index (χ3n) is 4.60. The van der Waals surface area contributed by atoms with E-state index in [4.69, 9.17) is 14.6 Å². The number of benzene rings is 1. The van der Waals surface area contributed by atoms with Gasteiger partial charge in [-0.2, -0.15) is 0 Å². The molecule has 1 rings (SSSR count). The number of unbranched alkanes of at least 4 members (excludes halogenated alkanes) is 5. The van der Waals surface area contributed by atoms with E-state index in [9.17, 15) is 14.7 Å². The van der Waals surface area contributed by atoms with E-state index in [0.717, 1.165) is 18.4 Å². The van der Waals surface area contributed by atoms with E-state index in [0.29, 0.717) is 24.5 Å². The summed E-state index contributed by atoms with van der Waals surface area (Å²) in [4.78, 5) is 22.5. The van der Waals surface area contributed by atoms with E-state index in [-0.39, 0.29) is 25.4 Å². The lowest BCUT2D eigenvalue weighted by molar-refractivity contribution is -0.137. The Morgan fingerprint density at radius 2 is 1.79 bits per heavy atom. The molecule has 0 saturated heterocycles. The van der Waals surface area contributed by atoms with E-state index in [1.807, 2.05) is 6.07 Å². The van der Waals surface area contributed by atoms with Crippen LogP contribution in [-0.2, 0) is 16.1 Å². The second-order valence-corrected chi connectivity index (χ2v) is 7.18. The molecule has 0 bridgehead atoms. The minimum absolute atomic E-state index is 0.0159. The van der Waals surface area contributed by atoms with E-state index in [2.05, 4.69) is 12.2 Å². The van der Waals surface area contributed by atoms with Gasteiger partial charge in [0.15, 0.2) is 11.5 Å². The number of amides is 1. The second kappa shape index (κ2) is 14.7. The van der Waals surface area contributed by atoms with Crippen molar-refractivity contribution >= 4 is 11.9 Å². The first kappa shape index (κ1) is 24.8. The Morgan fingerprint density at radius 3 is 2.48 bits per heavy atom. The molecular weight excluding hydrogens is 374 g/mol. The second-order valence-electron chi connectivity index (χ2n) is 7.18. The van der Waals surface area contributed by atoms with Crippen LogP contribution in [0.2, 0.25) is 0 Å². The molecule has 0 aliphatic heterocycles. The van der Waals surface area contributed by atoms with Crippen LogP contribution in [0.5, 0.6) is 11.5 Å². The quantitative estimate of drug-likeness (QED) is 0.360. The number of carbonyl (C=O) groups is 2. The van der Waals surface area contributed by atoms with E-state index in [1.165, 1.54) is 32.8 Å². The van der Waals surface area contributed by atoms with Crippen LogP contribution in [0.4, 0.5) is 0 Å². The van der Waals surface area contributed by atoms with Crippen LogP contribution >= 0.6 is 0 Å². The van der Waals surface area contributed by atoms with E-state index < -0.39 is 12.1 Å². The molecule has 164 valence electrons. The van der Waals surface area contributed by atoms with Crippen molar-refractivity contribution in [3.05, 3.63) is 23.8 Å². The van der Waals surface area contributed by atoms with Crippen molar-refractivity contribution in [1.82, 2.24) is 5.32 Å². The van der Waals surface area contributed by atoms with Gasteiger partial charge < -0.3 is 25.0 Å². The summed E-state index contributed by atoms with van der Waals surface area (Å²) < 4.78 is 10.9. The van der Waals surface area contributed by atoms with Gasteiger partial charge in [0.25, 0.3) is 0 Å². The molecular formula is C22H35NO6. The molecule has 1 aromatic carbocycles. The average molecular weight is 410 g/mol. The Morgan fingerprint density at radius 1 is 1.07 bits per heavy atom. The lowest BCUT2D eigenvalue weighted by atomic mass is 10.1. The average Bonchev–Trinajstić information content (AvgIpc) is 2.71. The van der Waals surface area contributed by atoms with Gasteiger partial charge in [0.2, 0.25) is 5.91 Å². The summed E-state index contributed by atoms with van der Waals surface area (Å²) in [7, 11) is 1.52. The van der Waals surface area contributed by atoms with Crippen molar-refractivity contribution in [3.63, 3.8) is 0 Å². The van der Waals surface area contributed by atoms with Crippen molar-refractivity contribution in [3.8, 4) is 11.5 Å². The maximum atomic E-state index is 12.0. The fourth-order valence-electron chi connectivity index (χ4n) is 2.86. The summed E-state index contributed by atoms with van der Waals surface area (Å²) in [5.41, 5.74) is 0.886. The van der Waals surface area contributed by atoms with E-state index in [1.54, 1.807) is 12.1 Å². The summed E-state index contributed by atoms with van der Waals surface area (Å²) in [5, 5.41) is 21.3. The number of nitrogens with one attached hydrogen (secondary N) is 1. The fourth-order valence-corrected chi connectivity index (χ4v) is 2.86. The lowest BCUT2D eigenvalue weighted by Crippen LogP contribution is -2.22. The summed E-state index contributed by atoms with van der Waals surface area (Å²) >= 11 is 0. The SMILES string of the molecule is CCCCCCCCC(=O)NCc1ccc(OCC(O)CCC(=O)O)c(OC)c1. The molecule has 7 heteroatoms. The zero-order valence-electron chi connectivity index (χ0n) is 17.6. The monoisotopic (exact) mass is 409 g/mol. The predicted molar refractivity (Wildman–Crippen MR) is 111 cm³/mol. The standard InChI is InChI=1S/C22H35NO6/c1-3-4-5-6-7-8-9-21(25)23-15-17-10-12-19(20(14-17)28-2)29-16-18(24)11-13-22(26)27/h10,12,14,18,24H,3-9,11,13,15-16H2,1-2H3,(H,23,25)(H,26,27). The van der Waals surface area contributed by atoms with Crippen molar-refractivity contribution in [2.45, 2.75) is 77.4 Å². The maximum absolute atomic E-state index is 12.0. The molecule has 0 aromatic heterocycles. The number of carboxylic acid groups (broad SMARTS) is 1. The highest BCUT2D eigenvalue weighted by Crippen LogP contribution is 2.28. The lowest BCUT2D eigenvalue weighted by Gasteiger charge is -2.15. The predicted octanol–water partition coefficient (Wildman–Crippen LogP) is 3.67. The van der Waals surface area contributed by atoms with Crippen LogP contribution in [-0.4, -0.2) is 41.9 Å². The zero-order valence-corrected chi connectivity index (χ0v) is 17.6. The highest BCUT2D eigenvalue weighted by Gasteiger charge is 2.11. The normalized spacial score (nSPS) is 11.7. The Kier molecular flexibility index (Phi) is 12.5. The first-order valence-electron chi connectivity index (χ1n) is 10.4. The molecule has 1 aromatic rings. The molecule has 0 spiro atoms. The molecule has 29 heavy (non-hydrogen) atoms. The molecule has 0 radical (unpaired) electrons. The largest absolute Gasteiger partial charge is 0.493 e. The minimum Gasteiger partial charge on any atom is -0.493 e. The third-order valence-corrected chi connectivity index (χ3v) is 4.60. The zero-order chi connectivity index (χ0) is 21.5. The number of hydrogen-bond acceptors (Lipinski definition) is 5. The first-order valence-corrected chi connectivity index (χ1v) is 10.4. The van der Waals surface area contributed by atoms with Gasteiger partial charge in [-0.1, -0.05) is 45.1 Å². The van der Waals surface area contributed by atoms with Gasteiger partial charge in [-0.15, -0.1) is 0 Å². The molecule has 0 fully saturated rings. The van der Waals surface area contributed by atoms with Crippen LogP contribution in [0.25, 0.3) is 0 Å². The summed E-state index contributed by atoms with van der Waals surface area (Å²) in [6.45, 7) is 2.58. The highest BCUT2D eigenvalue weighted by atomic mass is 16.5. The van der Waals surface area contributed by atoms with Gasteiger partial charge in [-0.25, -0.2) is 0 Å². The smallest absolute Gasteiger partial charge is 0.303 e. The Bertz CT molecular complexity index is 619. The van der Waals surface area contributed by atoms with Gasteiger partial charge in [-0.3, -0.25) is 9.59 Å². The highest BCUT2D eigenvalue weighted by molar-refractivity contribution is 5.75. The molecule has 0 aliphatic rings. The van der Waals surface area contributed by atoms with Gasteiger partial charge >= 0.3 is 5.97 Å².